The SMILES string of the molecule is Cc1ccc(NC(=O)CCc2csc(NC(=O)Nc3ccccc3)n2)c(C)c1. The van der Waals surface area contributed by atoms with Crippen LogP contribution in [-0.4, -0.2) is 16.9 Å². The second-order valence-corrected chi connectivity index (χ2v) is 7.31. The largest absolute Gasteiger partial charge is 0.326 e. The predicted octanol–water partition coefficient (Wildman–Crippen LogP) is 4.98. The van der Waals surface area contributed by atoms with Crippen molar-refractivity contribution in [1.29, 1.82) is 0 Å². The molecule has 0 aliphatic heterocycles. The highest BCUT2D eigenvalue weighted by Crippen LogP contribution is 2.19. The Balaban J connectivity index is 1.47. The Kier molecular flexibility index (Phi) is 6.39. The highest BCUT2D eigenvalue weighted by molar-refractivity contribution is 7.13. The molecule has 3 aromatic rings. The van der Waals surface area contributed by atoms with E-state index in [1.807, 2.05) is 55.6 Å². The van der Waals surface area contributed by atoms with Gasteiger partial charge in [0.1, 0.15) is 0 Å². The lowest BCUT2D eigenvalue weighted by Gasteiger charge is -2.08. The van der Waals surface area contributed by atoms with Crippen molar-refractivity contribution in [1.82, 2.24) is 4.98 Å². The maximum absolute atomic E-state index is 12.2. The molecule has 0 aliphatic carbocycles. The van der Waals surface area contributed by atoms with Gasteiger partial charge in [-0.15, -0.1) is 11.3 Å². The van der Waals surface area contributed by atoms with E-state index < -0.39 is 0 Å². The first-order valence-corrected chi connectivity index (χ1v) is 9.82. The number of thiazole rings is 1. The summed E-state index contributed by atoms with van der Waals surface area (Å²) in [6, 6.07) is 14.8. The monoisotopic (exact) mass is 394 g/mol. The van der Waals surface area contributed by atoms with E-state index in [4.69, 9.17) is 0 Å². The molecule has 3 N–H and O–H groups in total. The van der Waals surface area contributed by atoms with Gasteiger partial charge in [-0.1, -0.05) is 35.9 Å². The van der Waals surface area contributed by atoms with E-state index in [-0.39, 0.29) is 11.9 Å². The second-order valence-electron chi connectivity index (χ2n) is 6.46. The number of para-hydroxylation sites is 1. The molecule has 7 heteroatoms. The number of carbonyl (C=O) groups is 2. The highest BCUT2D eigenvalue weighted by Gasteiger charge is 2.10. The van der Waals surface area contributed by atoms with Gasteiger partial charge >= 0.3 is 6.03 Å². The van der Waals surface area contributed by atoms with Gasteiger partial charge in [0, 0.05) is 23.2 Å². The molecule has 3 rings (SSSR count). The van der Waals surface area contributed by atoms with Crippen LogP contribution in [-0.2, 0) is 11.2 Å². The van der Waals surface area contributed by atoms with Crippen LogP contribution in [0.3, 0.4) is 0 Å². The molecular formula is C21H22N4O2S. The third-order valence-corrected chi connectivity index (χ3v) is 4.87. The van der Waals surface area contributed by atoms with Gasteiger partial charge in [0.05, 0.1) is 5.69 Å². The van der Waals surface area contributed by atoms with Crippen LogP contribution in [0, 0.1) is 13.8 Å². The molecular weight excluding hydrogens is 372 g/mol. The molecule has 0 atom stereocenters. The molecule has 3 amide bonds. The first-order chi connectivity index (χ1) is 13.5. The van der Waals surface area contributed by atoms with Gasteiger partial charge in [-0.3, -0.25) is 10.1 Å². The normalized spacial score (nSPS) is 10.4. The van der Waals surface area contributed by atoms with Gasteiger partial charge in [0.15, 0.2) is 5.13 Å². The third-order valence-electron chi connectivity index (χ3n) is 4.07. The minimum absolute atomic E-state index is 0.0590. The number of carbonyl (C=O) groups excluding carboxylic acids is 2. The molecule has 0 aliphatic rings. The fraction of sp³-hybridized carbons (Fsp3) is 0.190. The van der Waals surface area contributed by atoms with Crippen molar-refractivity contribution >= 4 is 39.8 Å². The van der Waals surface area contributed by atoms with Gasteiger partial charge in [-0.25, -0.2) is 9.78 Å². The summed E-state index contributed by atoms with van der Waals surface area (Å²) in [5, 5.41) is 10.7. The third kappa shape index (κ3) is 5.65. The smallest absolute Gasteiger partial charge is 0.325 e. The van der Waals surface area contributed by atoms with Crippen molar-refractivity contribution in [3.8, 4) is 0 Å². The standard InChI is InChI=1S/C21H22N4O2S/c1-14-8-10-18(15(2)12-14)24-19(26)11-9-17-13-28-21(23-17)25-20(27)22-16-6-4-3-5-7-16/h3-8,10,12-13H,9,11H2,1-2H3,(H,24,26)(H2,22,23,25,27). The van der Waals surface area contributed by atoms with E-state index in [1.54, 1.807) is 12.1 Å². The van der Waals surface area contributed by atoms with Gasteiger partial charge in [0.2, 0.25) is 5.91 Å². The average Bonchev–Trinajstić information content (AvgIpc) is 3.10. The zero-order valence-electron chi connectivity index (χ0n) is 15.8. The maximum Gasteiger partial charge on any atom is 0.325 e. The number of nitrogens with one attached hydrogen (secondary N) is 3. The Bertz CT molecular complexity index is 970. The summed E-state index contributed by atoms with van der Waals surface area (Å²) in [5.74, 6) is -0.0590. The molecule has 0 bridgehead atoms. The fourth-order valence-corrected chi connectivity index (χ4v) is 3.41. The lowest BCUT2D eigenvalue weighted by atomic mass is 10.1. The summed E-state index contributed by atoms with van der Waals surface area (Å²) in [5.41, 5.74) is 4.51. The lowest BCUT2D eigenvalue weighted by Crippen LogP contribution is -2.19. The van der Waals surface area contributed by atoms with Gasteiger partial charge < -0.3 is 10.6 Å². The first kappa shape index (κ1) is 19.6. The first-order valence-electron chi connectivity index (χ1n) is 8.94. The minimum atomic E-state index is -0.348. The summed E-state index contributed by atoms with van der Waals surface area (Å²) in [7, 11) is 0. The van der Waals surface area contributed by atoms with Crippen molar-refractivity contribution in [2.45, 2.75) is 26.7 Å². The molecule has 0 fully saturated rings. The summed E-state index contributed by atoms with van der Waals surface area (Å²) >= 11 is 1.33. The Labute approximate surface area is 168 Å². The summed E-state index contributed by atoms with van der Waals surface area (Å²) in [4.78, 5) is 28.6. The zero-order valence-corrected chi connectivity index (χ0v) is 16.6. The second kappa shape index (κ2) is 9.14. The van der Waals surface area contributed by atoms with Crippen LogP contribution >= 0.6 is 11.3 Å². The van der Waals surface area contributed by atoms with Crippen LogP contribution < -0.4 is 16.0 Å². The van der Waals surface area contributed by atoms with Gasteiger partial charge in [0.25, 0.3) is 0 Å². The van der Waals surface area contributed by atoms with E-state index >= 15 is 0 Å². The quantitative estimate of drug-likeness (QED) is 0.552. The van der Waals surface area contributed by atoms with Crippen molar-refractivity contribution in [2.24, 2.45) is 0 Å². The van der Waals surface area contributed by atoms with Crippen LogP contribution in [0.5, 0.6) is 0 Å². The van der Waals surface area contributed by atoms with Crippen molar-refractivity contribution in [3.05, 3.63) is 70.7 Å². The predicted molar refractivity (Wildman–Crippen MR) is 114 cm³/mol. The van der Waals surface area contributed by atoms with Crippen molar-refractivity contribution in [2.75, 3.05) is 16.0 Å². The molecule has 2 aromatic carbocycles. The maximum atomic E-state index is 12.2. The van der Waals surface area contributed by atoms with E-state index in [0.717, 1.165) is 22.5 Å². The molecule has 0 unspecified atom stereocenters. The highest BCUT2D eigenvalue weighted by atomic mass is 32.1. The number of amides is 3. The Morgan fingerprint density at radius 3 is 2.54 bits per heavy atom. The zero-order chi connectivity index (χ0) is 19.9. The molecule has 1 aromatic heterocycles. The van der Waals surface area contributed by atoms with Crippen LogP contribution in [0.4, 0.5) is 21.3 Å². The molecule has 144 valence electrons. The van der Waals surface area contributed by atoms with Crippen molar-refractivity contribution in [3.63, 3.8) is 0 Å². The van der Waals surface area contributed by atoms with Crippen LogP contribution in [0.1, 0.15) is 23.2 Å². The summed E-state index contributed by atoms with van der Waals surface area (Å²) in [6.45, 7) is 3.99. The Morgan fingerprint density at radius 2 is 1.79 bits per heavy atom. The molecule has 0 spiro atoms. The molecule has 28 heavy (non-hydrogen) atoms. The van der Waals surface area contributed by atoms with Gasteiger partial charge in [-0.05, 0) is 44.0 Å². The number of aromatic nitrogens is 1. The average molecular weight is 395 g/mol. The molecule has 1 heterocycles. The number of hydrogen-bond donors (Lipinski definition) is 3. The molecule has 0 radical (unpaired) electrons. The Hall–Kier alpha value is -3.19. The summed E-state index contributed by atoms with van der Waals surface area (Å²) in [6.07, 6.45) is 0.835. The number of hydrogen-bond acceptors (Lipinski definition) is 4. The number of rotatable bonds is 6. The van der Waals surface area contributed by atoms with E-state index in [2.05, 4.69) is 20.9 Å². The minimum Gasteiger partial charge on any atom is -0.326 e. The number of benzene rings is 2. The van der Waals surface area contributed by atoms with E-state index in [0.29, 0.717) is 23.7 Å². The number of aryl methyl sites for hydroxylation is 3. The topological polar surface area (TPSA) is 83.1 Å². The van der Waals surface area contributed by atoms with Gasteiger partial charge in [-0.2, -0.15) is 0 Å². The lowest BCUT2D eigenvalue weighted by molar-refractivity contribution is -0.116. The number of anilines is 3. The molecule has 0 saturated carbocycles. The summed E-state index contributed by atoms with van der Waals surface area (Å²) < 4.78 is 0. The Morgan fingerprint density at radius 1 is 1.00 bits per heavy atom. The molecule has 6 nitrogen and oxygen atoms in total. The van der Waals surface area contributed by atoms with Crippen LogP contribution in [0.2, 0.25) is 0 Å². The number of nitrogens with zero attached hydrogens (tertiary/aromatic N) is 1. The van der Waals surface area contributed by atoms with E-state index in [9.17, 15) is 9.59 Å². The van der Waals surface area contributed by atoms with Crippen LogP contribution in [0.15, 0.2) is 53.9 Å². The molecule has 0 saturated heterocycles. The van der Waals surface area contributed by atoms with Crippen molar-refractivity contribution < 1.29 is 9.59 Å². The fourth-order valence-electron chi connectivity index (χ4n) is 2.67. The van der Waals surface area contributed by atoms with E-state index in [1.165, 1.54) is 11.3 Å². The van der Waals surface area contributed by atoms with Crippen LogP contribution in [0.25, 0.3) is 0 Å². The number of urea groups is 1.